The maximum absolute atomic E-state index is 11.1. The summed E-state index contributed by atoms with van der Waals surface area (Å²) in [5.74, 6) is -0.801. The number of ether oxygens (including phenoxy) is 2. The third-order valence-electron chi connectivity index (χ3n) is 1.96. The quantitative estimate of drug-likeness (QED) is 0.636. The highest BCUT2D eigenvalue weighted by molar-refractivity contribution is 5.85. The molecule has 0 fully saturated rings. The molecule has 0 radical (unpaired) electrons. The van der Waals surface area contributed by atoms with Gasteiger partial charge in [0.25, 0.3) is 0 Å². The number of hydrogen-bond acceptors (Lipinski definition) is 4. The van der Waals surface area contributed by atoms with Crippen LogP contribution in [0.25, 0.3) is 0 Å². The number of rotatable bonds is 3. The molecular formula is C10H14O4. The summed E-state index contributed by atoms with van der Waals surface area (Å²) in [7, 11) is 0. The molecule has 0 saturated heterocycles. The maximum atomic E-state index is 11.1. The number of esters is 2. The summed E-state index contributed by atoms with van der Waals surface area (Å²) in [4.78, 5) is 21.9. The first-order valence-electron chi connectivity index (χ1n) is 4.56. The zero-order valence-corrected chi connectivity index (χ0v) is 8.57. The van der Waals surface area contributed by atoms with E-state index in [1.165, 1.54) is 6.08 Å². The Morgan fingerprint density at radius 3 is 2.71 bits per heavy atom. The molecule has 0 aromatic rings. The van der Waals surface area contributed by atoms with Gasteiger partial charge in [0.2, 0.25) is 0 Å². The number of carbonyl (C=O) groups excluding carboxylic acids is 2. The average Bonchev–Trinajstić information content (AvgIpc) is 2.40. The van der Waals surface area contributed by atoms with Crippen molar-refractivity contribution in [2.24, 2.45) is 5.92 Å². The molecule has 1 unspecified atom stereocenters. The van der Waals surface area contributed by atoms with Gasteiger partial charge in [-0.3, -0.25) is 4.79 Å². The fourth-order valence-corrected chi connectivity index (χ4v) is 1.04. The lowest BCUT2D eigenvalue weighted by Crippen LogP contribution is -2.22. The van der Waals surface area contributed by atoms with Crippen molar-refractivity contribution < 1.29 is 19.1 Å². The lowest BCUT2D eigenvalue weighted by molar-refractivity contribution is -0.154. The summed E-state index contributed by atoms with van der Waals surface area (Å²) in [5.41, 5.74) is 0.798. The predicted molar refractivity (Wildman–Crippen MR) is 49.4 cm³/mol. The van der Waals surface area contributed by atoms with Gasteiger partial charge in [-0.1, -0.05) is 13.8 Å². The molecule has 4 nitrogen and oxygen atoms in total. The molecule has 0 N–H and O–H groups in total. The second-order valence-electron chi connectivity index (χ2n) is 3.60. The van der Waals surface area contributed by atoms with E-state index < -0.39 is 6.10 Å². The van der Waals surface area contributed by atoms with Gasteiger partial charge in [0.15, 0.2) is 6.10 Å². The van der Waals surface area contributed by atoms with Crippen LogP contribution in [0.5, 0.6) is 0 Å². The Bertz CT molecular complexity index is 278. The van der Waals surface area contributed by atoms with Crippen molar-refractivity contribution in [3.05, 3.63) is 11.6 Å². The first-order valence-corrected chi connectivity index (χ1v) is 4.56. The van der Waals surface area contributed by atoms with E-state index in [9.17, 15) is 9.59 Å². The first kappa shape index (κ1) is 10.8. The lowest BCUT2D eigenvalue weighted by Gasteiger charge is -2.13. The third kappa shape index (κ3) is 2.58. The van der Waals surface area contributed by atoms with Crippen LogP contribution in [-0.2, 0) is 19.1 Å². The SMILES string of the molecule is CC1=CC(=O)OC1COC(=O)C(C)C. The van der Waals surface area contributed by atoms with Crippen LogP contribution in [0.4, 0.5) is 0 Å². The van der Waals surface area contributed by atoms with Crippen molar-refractivity contribution in [3.63, 3.8) is 0 Å². The Kier molecular flexibility index (Phi) is 3.28. The molecule has 0 aliphatic carbocycles. The van der Waals surface area contributed by atoms with Crippen LogP contribution in [0.2, 0.25) is 0 Å². The first-order chi connectivity index (χ1) is 6.50. The Morgan fingerprint density at radius 1 is 1.64 bits per heavy atom. The molecule has 0 aromatic carbocycles. The van der Waals surface area contributed by atoms with E-state index in [1.807, 2.05) is 0 Å². The van der Waals surface area contributed by atoms with Gasteiger partial charge in [-0.25, -0.2) is 4.79 Å². The molecule has 0 amide bonds. The largest absolute Gasteiger partial charge is 0.461 e. The van der Waals surface area contributed by atoms with Crippen molar-refractivity contribution in [2.45, 2.75) is 26.9 Å². The fourth-order valence-electron chi connectivity index (χ4n) is 1.04. The Labute approximate surface area is 82.9 Å². The minimum absolute atomic E-state index is 0.116. The van der Waals surface area contributed by atoms with Gasteiger partial charge in [0.05, 0.1) is 5.92 Å². The number of cyclic esters (lactones) is 1. The van der Waals surface area contributed by atoms with Crippen LogP contribution in [0, 0.1) is 5.92 Å². The van der Waals surface area contributed by atoms with Gasteiger partial charge >= 0.3 is 11.9 Å². The standard InChI is InChI=1S/C10H14O4/c1-6(2)10(12)13-5-8-7(3)4-9(11)14-8/h4,6,8H,5H2,1-3H3. The second-order valence-corrected chi connectivity index (χ2v) is 3.60. The minimum atomic E-state index is -0.398. The molecule has 14 heavy (non-hydrogen) atoms. The summed E-state index contributed by atoms with van der Waals surface area (Å²) in [6, 6.07) is 0. The summed E-state index contributed by atoms with van der Waals surface area (Å²) < 4.78 is 9.84. The summed E-state index contributed by atoms with van der Waals surface area (Å²) in [6.07, 6.45) is 1.01. The van der Waals surface area contributed by atoms with E-state index in [0.717, 1.165) is 5.57 Å². The molecule has 0 spiro atoms. The smallest absolute Gasteiger partial charge is 0.331 e. The normalized spacial score (nSPS) is 20.7. The highest BCUT2D eigenvalue weighted by Gasteiger charge is 2.24. The maximum Gasteiger partial charge on any atom is 0.331 e. The van der Waals surface area contributed by atoms with Gasteiger partial charge in [-0.05, 0) is 12.5 Å². The highest BCUT2D eigenvalue weighted by Crippen LogP contribution is 2.15. The minimum Gasteiger partial charge on any atom is -0.461 e. The molecule has 0 saturated carbocycles. The Hall–Kier alpha value is -1.32. The average molecular weight is 198 g/mol. The van der Waals surface area contributed by atoms with Crippen molar-refractivity contribution in [1.82, 2.24) is 0 Å². The topological polar surface area (TPSA) is 52.6 Å². The van der Waals surface area contributed by atoms with Crippen molar-refractivity contribution in [2.75, 3.05) is 6.61 Å². The van der Waals surface area contributed by atoms with E-state index in [-0.39, 0.29) is 24.5 Å². The number of carbonyl (C=O) groups is 2. The van der Waals surface area contributed by atoms with Crippen molar-refractivity contribution in [1.29, 1.82) is 0 Å². The molecule has 1 atom stereocenters. The summed E-state index contributed by atoms with van der Waals surface area (Å²) >= 11 is 0. The molecule has 4 heteroatoms. The third-order valence-corrected chi connectivity index (χ3v) is 1.96. The predicted octanol–water partition coefficient (Wildman–Crippen LogP) is 1.06. The lowest BCUT2D eigenvalue weighted by atomic mass is 10.2. The van der Waals surface area contributed by atoms with Gasteiger partial charge < -0.3 is 9.47 Å². The van der Waals surface area contributed by atoms with Crippen LogP contribution in [-0.4, -0.2) is 24.6 Å². The molecule has 1 heterocycles. The monoisotopic (exact) mass is 198 g/mol. The summed E-state index contributed by atoms with van der Waals surface area (Å²) in [6.45, 7) is 5.40. The second kappa shape index (κ2) is 4.26. The van der Waals surface area contributed by atoms with E-state index in [4.69, 9.17) is 9.47 Å². The van der Waals surface area contributed by atoms with Crippen molar-refractivity contribution >= 4 is 11.9 Å². The van der Waals surface area contributed by atoms with E-state index in [0.29, 0.717) is 0 Å². The Morgan fingerprint density at radius 2 is 2.29 bits per heavy atom. The van der Waals surface area contributed by atoms with E-state index in [2.05, 4.69) is 0 Å². The molecule has 1 aliphatic rings. The zero-order valence-electron chi connectivity index (χ0n) is 8.57. The van der Waals surface area contributed by atoms with Gasteiger partial charge in [0, 0.05) is 6.08 Å². The van der Waals surface area contributed by atoms with Gasteiger partial charge in [0.1, 0.15) is 6.61 Å². The molecule has 0 aromatic heterocycles. The van der Waals surface area contributed by atoms with Crippen LogP contribution >= 0.6 is 0 Å². The van der Waals surface area contributed by atoms with Crippen LogP contribution in [0.3, 0.4) is 0 Å². The van der Waals surface area contributed by atoms with Crippen molar-refractivity contribution in [3.8, 4) is 0 Å². The number of hydrogen-bond donors (Lipinski definition) is 0. The van der Waals surface area contributed by atoms with Gasteiger partial charge in [-0.15, -0.1) is 0 Å². The molecular weight excluding hydrogens is 184 g/mol. The molecule has 1 rings (SSSR count). The fraction of sp³-hybridized carbons (Fsp3) is 0.600. The van der Waals surface area contributed by atoms with Crippen LogP contribution < -0.4 is 0 Å². The van der Waals surface area contributed by atoms with Gasteiger partial charge in [-0.2, -0.15) is 0 Å². The molecule has 0 bridgehead atoms. The van der Waals surface area contributed by atoms with E-state index in [1.54, 1.807) is 20.8 Å². The molecule has 78 valence electrons. The van der Waals surface area contributed by atoms with E-state index >= 15 is 0 Å². The summed E-state index contributed by atoms with van der Waals surface area (Å²) in [5, 5.41) is 0. The Balaban J connectivity index is 2.37. The molecule has 1 aliphatic heterocycles. The highest BCUT2D eigenvalue weighted by atomic mass is 16.6. The van der Waals surface area contributed by atoms with Crippen LogP contribution in [0.1, 0.15) is 20.8 Å². The zero-order chi connectivity index (χ0) is 10.7. The van der Waals surface area contributed by atoms with Crippen LogP contribution in [0.15, 0.2) is 11.6 Å².